The van der Waals surface area contributed by atoms with E-state index in [0.29, 0.717) is 0 Å². The molecule has 0 aliphatic rings. The average molecular weight is 201 g/mol. The summed E-state index contributed by atoms with van der Waals surface area (Å²) in [5.74, 6) is -0.747. The standard InChI is InChI=1S/C6H11N5O3/c1-6(2,3)9-10(12)5-4(7)11(13)14-8-5/h7H2,1-3H3. The molecule has 8 heteroatoms. The molecule has 0 saturated heterocycles. The van der Waals surface area contributed by atoms with Crippen LogP contribution in [-0.4, -0.2) is 15.6 Å². The van der Waals surface area contributed by atoms with E-state index in [-0.39, 0.29) is 15.6 Å². The lowest BCUT2D eigenvalue weighted by molar-refractivity contribution is -0.790. The summed E-state index contributed by atoms with van der Waals surface area (Å²) in [6, 6.07) is 0. The first-order chi connectivity index (χ1) is 6.31. The van der Waals surface area contributed by atoms with Crippen LogP contribution in [0.1, 0.15) is 20.8 Å². The van der Waals surface area contributed by atoms with Gasteiger partial charge in [-0.25, -0.2) is 0 Å². The van der Waals surface area contributed by atoms with Gasteiger partial charge in [0.15, 0.2) is 0 Å². The molecule has 78 valence electrons. The molecule has 0 atom stereocenters. The van der Waals surface area contributed by atoms with Crippen LogP contribution < -0.4 is 10.6 Å². The van der Waals surface area contributed by atoms with E-state index in [2.05, 4.69) is 14.9 Å². The van der Waals surface area contributed by atoms with Crippen molar-refractivity contribution in [2.75, 3.05) is 5.73 Å². The molecule has 8 nitrogen and oxygen atoms in total. The van der Waals surface area contributed by atoms with E-state index in [1.807, 2.05) is 0 Å². The molecule has 0 fully saturated rings. The van der Waals surface area contributed by atoms with Crippen molar-refractivity contribution in [2.24, 2.45) is 5.11 Å². The lowest BCUT2D eigenvalue weighted by atomic mass is 10.1. The molecular weight excluding hydrogens is 190 g/mol. The summed E-state index contributed by atoms with van der Waals surface area (Å²) in [6.07, 6.45) is 0. The van der Waals surface area contributed by atoms with Gasteiger partial charge in [0.2, 0.25) is 0 Å². The van der Waals surface area contributed by atoms with E-state index in [0.717, 1.165) is 0 Å². The van der Waals surface area contributed by atoms with Crippen LogP contribution in [0, 0.1) is 10.4 Å². The summed E-state index contributed by atoms with van der Waals surface area (Å²) in [7, 11) is 0. The predicted octanol–water partition coefficient (Wildman–Crippen LogP) is 0.283. The van der Waals surface area contributed by atoms with E-state index in [9.17, 15) is 10.4 Å². The Kier molecular flexibility index (Phi) is 2.28. The number of nitrogens with two attached hydrogens (primary N) is 1. The molecule has 0 aliphatic heterocycles. The van der Waals surface area contributed by atoms with Crippen molar-refractivity contribution in [3.8, 4) is 0 Å². The van der Waals surface area contributed by atoms with E-state index in [1.54, 1.807) is 20.8 Å². The quantitative estimate of drug-likeness (QED) is 0.303. The molecule has 0 amide bonds. The Morgan fingerprint density at radius 3 is 2.50 bits per heavy atom. The van der Waals surface area contributed by atoms with Gasteiger partial charge in [-0.1, -0.05) is 4.90 Å². The van der Waals surface area contributed by atoms with Gasteiger partial charge in [-0.3, -0.25) is 0 Å². The first-order valence-corrected chi connectivity index (χ1v) is 3.86. The fraction of sp³-hybridized carbons (Fsp3) is 0.667. The first kappa shape index (κ1) is 10.2. The molecule has 0 unspecified atom stereocenters. The van der Waals surface area contributed by atoms with Crippen molar-refractivity contribution in [3.05, 3.63) is 10.4 Å². The molecule has 1 rings (SSSR count). The van der Waals surface area contributed by atoms with Crippen LogP contribution in [0.2, 0.25) is 0 Å². The number of anilines is 1. The minimum atomic E-state index is -0.582. The van der Waals surface area contributed by atoms with Crippen molar-refractivity contribution in [3.63, 3.8) is 0 Å². The Bertz CT molecular complexity index is 364. The molecule has 0 aliphatic carbocycles. The number of nitrogens with zero attached hydrogens (tertiary/aromatic N) is 4. The maximum absolute atomic E-state index is 11.3. The number of aromatic nitrogens is 2. The summed E-state index contributed by atoms with van der Waals surface area (Å²) < 4.78 is 4.12. The Hall–Kier alpha value is -1.86. The van der Waals surface area contributed by atoms with Gasteiger partial charge in [0, 0.05) is 5.16 Å². The van der Waals surface area contributed by atoms with Crippen molar-refractivity contribution in [1.82, 2.24) is 5.16 Å². The molecular formula is C6H11N5O3. The van der Waals surface area contributed by atoms with Crippen molar-refractivity contribution >= 4 is 11.6 Å². The topological polar surface area (TPSA) is 117 Å². The summed E-state index contributed by atoms with van der Waals surface area (Å²) in [5.41, 5.74) is 4.63. The Balaban J connectivity index is 3.07. The summed E-state index contributed by atoms with van der Waals surface area (Å²) in [4.78, 5) is 0.117. The van der Waals surface area contributed by atoms with E-state index >= 15 is 0 Å². The summed E-state index contributed by atoms with van der Waals surface area (Å²) in [5, 5.41) is 28.8. The third-order valence-corrected chi connectivity index (χ3v) is 1.20. The van der Waals surface area contributed by atoms with Crippen LogP contribution in [-0.2, 0) is 0 Å². The molecule has 2 N–H and O–H groups in total. The van der Waals surface area contributed by atoms with Gasteiger partial charge in [-0.2, -0.15) is 0 Å². The second-order valence-corrected chi connectivity index (χ2v) is 3.68. The number of rotatable bonds is 1. The van der Waals surface area contributed by atoms with Crippen LogP contribution in [0.4, 0.5) is 11.6 Å². The normalized spacial score (nSPS) is 13.2. The Labute approximate surface area is 79.7 Å². The predicted molar refractivity (Wildman–Crippen MR) is 45.3 cm³/mol. The van der Waals surface area contributed by atoms with Crippen LogP contribution in [0.5, 0.6) is 0 Å². The highest BCUT2D eigenvalue weighted by atomic mass is 16.8. The average Bonchev–Trinajstić information content (AvgIpc) is 2.29. The van der Waals surface area contributed by atoms with Crippen LogP contribution in [0.15, 0.2) is 9.74 Å². The van der Waals surface area contributed by atoms with Gasteiger partial charge in [0.05, 0.1) is 5.54 Å². The van der Waals surface area contributed by atoms with Crippen LogP contribution >= 0.6 is 0 Å². The van der Waals surface area contributed by atoms with Gasteiger partial charge in [-0.05, 0) is 20.8 Å². The number of hydrogen-bond donors (Lipinski definition) is 1. The Morgan fingerprint density at radius 1 is 1.57 bits per heavy atom. The molecule has 0 aromatic carbocycles. The van der Waals surface area contributed by atoms with Crippen molar-refractivity contribution < 1.29 is 14.4 Å². The zero-order valence-electron chi connectivity index (χ0n) is 8.09. The number of nitrogen functional groups attached to an aromatic ring is 1. The van der Waals surface area contributed by atoms with Crippen molar-refractivity contribution in [1.29, 1.82) is 0 Å². The third-order valence-electron chi connectivity index (χ3n) is 1.20. The minimum Gasteiger partial charge on any atom is -0.691 e. The van der Waals surface area contributed by atoms with E-state index < -0.39 is 11.4 Å². The molecule has 0 bridgehead atoms. The third kappa shape index (κ3) is 2.09. The van der Waals surface area contributed by atoms with Gasteiger partial charge in [0.25, 0.3) is 0 Å². The van der Waals surface area contributed by atoms with E-state index in [1.165, 1.54) is 0 Å². The zero-order valence-corrected chi connectivity index (χ0v) is 8.09. The molecule has 1 aromatic heterocycles. The molecule has 1 heterocycles. The maximum Gasteiger partial charge on any atom is 0.408 e. The highest BCUT2D eigenvalue weighted by Gasteiger charge is 2.20. The second kappa shape index (κ2) is 3.13. The summed E-state index contributed by atoms with van der Waals surface area (Å²) in [6.45, 7) is 5.16. The van der Waals surface area contributed by atoms with Gasteiger partial charge >= 0.3 is 11.6 Å². The first-order valence-electron chi connectivity index (χ1n) is 3.86. The fourth-order valence-electron chi connectivity index (χ4n) is 0.701. The van der Waals surface area contributed by atoms with Crippen LogP contribution in [0.25, 0.3) is 0 Å². The fourth-order valence-corrected chi connectivity index (χ4v) is 0.701. The van der Waals surface area contributed by atoms with Gasteiger partial charge in [0.1, 0.15) is 0 Å². The molecule has 14 heavy (non-hydrogen) atoms. The zero-order chi connectivity index (χ0) is 10.9. The molecule has 1 aromatic rings. The Morgan fingerprint density at radius 2 is 2.14 bits per heavy atom. The number of azo groups is 1. The minimum absolute atomic E-state index is 0.0571. The molecule has 0 radical (unpaired) electrons. The van der Waals surface area contributed by atoms with Gasteiger partial charge in [-0.15, -0.1) is 9.97 Å². The van der Waals surface area contributed by atoms with Crippen molar-refractivity contribution in [2.45, 2.75) is 26.3 Å². The lowest BCUT2D eigenvalue weighted by Crippen LogP contribution is -2.26. The van der Waals surface area contributed by atoms with Gasteiger partial charge < -0.3 is 20.8 Å². The monoisotopic (exact) mass is 201 g/mol. The second-order valence-electron chi connectivity index (χ2n) is 3.68. The van der Waals surface area contributed by atoms with Crippen LogP contribution in [0.3, 0.4) is 0 Å². The molecule has 0 spiro atoms. The number of hydrogen-bond acceptors (Lipinski definition) is 6. The molecule has 0 saturated carbocycles. The SMILES string of the molecule is CC(C)(C)N=[N+]([O-])c1no[n+]([O-])c1N. The largest absolute Gasteiger partial charge is 0.691 e. The maximum atomic E-state index is 11.3. The highest BCUT2D eigenvalue weighted by Crippen LogP contribution is 2.16. The smallest absolute Gasteiger partial charge is 0.408 e. The highest BCUT2D eigenvalue weighted by molar-refractivity contribution is 5.38. The summed E-state index contributed by atoms with van der Waals surface area (Å²) >= 11 is 0. The van der Waals surface area contributed by atoms with E-state index in [4.69, 9.17) is 5.73 Å². The lowest BCUT2D eigenvalue weighted by Gasteiger charge is -2.11.